The monoisotopic (exact) mass is 349 g/mol. The molecule has 0 spiro atoms. The van der Waals surface area contributed by atoms with Crippen LogP contribution in [0.25, 0.3) is 0 Å². The van der Waals surface area contributed by atoms with E-state index in [2.05, 4.69) is 0 Å². The number of furan rings is 1. The number of aryl methyl sites for hydroxylation is 1. The Morgan fingerprint density at radius 1 is 1.33 bits per heavy atom. The van der Waals surface area contributed by atoms with E-state index in [1.165, 1.54) is 6.07 Å². The Morgan fingerprint density at radius 3 is 2.62 bits per heavy atom. The van der Waals surface area contributed by atoms with E-state index in [4.69, 9.17) is 21.1 Å². The van der Waals surface area contributed by atoms with Crippen LogP contribution in [0.2, 0.25) is 5.02 Å². The molecule has 6 heteroatoms. The molecule has 0 bridgehead atoms. The highest BCUT2D eigenvalue weighted by Gasteiger charge is 2.21. The molecule has 0 aliphatic rings. The van der Waals surface area contributed by atoms with E-state index < -0.39 is 5.97 Å². The van der Waals surface area contributed by atoms with Gasteiger partial charge in [-0.1, -0.05) is 30.7 Å². The molecule has 1 aromatic carbocycles. The van der Waals surface area contributed by atoms with Crippen molar-refractivity contribution in [3.63, 3.8) is 0 Å². The molecule has 128 valence electrons. The van der Waals surface area contributed by atoms with Crippen molar-refractivity contribution >= 4 is 23.5 Å². The second-order valence-corrected chi connectivity index (χ2v) is 6.35. The lowest BCUT2D eigenvalue weighted by Gasteiger charge is -2.20. The zero-order chi connectivity index (χ0) is 17.9. The number of carbonyl (C=O) groups is 2. The molecule has 2 aromatic rings. The fourth-order valence-electron chi connectivity index (χ4n) is 2.63. The number of hydrogen-bond acceptors (Lipinski definition) is 3. The van der Waals surface area contributed by atoms with Crippen molar-refractivity contribution in [2.24, 2.45) is 5.92 Å². The summed E-state index contributed by atoms with van der Waals surface area (Å²) in [6.07, 6.45) is 0.585. The molecule has 1 unspecified atom stereocenters. The van der Waals surface area contributed by atoms with Gasteiger partial charge in [0.15, 0.2) is 0 Å². The van der Waals surface area contributed by atoms with E-state index >= 15 is 0 Å². The van der Waals surface area contributed by atoms with Gasteiger partial charge >= 0.3 is 5.97 Å². The van der Waals surface area contributed by atoms with Gasteiger partial charge < -0.3 is 14.4 Å². The number of benzene rings is 1. The standard InChI is InChI=1S/C18H20ClNO4/c1-11(7-13-5-4-6-14(19)8-13)17(21)20(3)10-15-9-16(18(22)23)12(2)24-15/h4-6,8-9,11H,7,10H2,1-3H3,(H,22,23). The molecule has 0 saturated carbocycles. The summed E-state index contributed by atoms with van der Waals surface area (Å²) in [5, 5.41) is 9.69. The van der Waals surface area contributed by atoms with Crippen molar-refractivity contribution < 1.29 is 19.1 Å². The molecular formula is C18H20ClNO4. The van der Waals surface area contributed by atoms with Crippen LogP contribution < -0.4 is 0 Å². The van der Waals surface area contributed by atoms with Crippen molar-refractivity contribution in [2.45, 2.75) is 26.8 Å². The van der Waals surface area contributed by atoms with Crippen molar-refractivity contribution in [1.29, 1.82) is 0 Å². The molecule has 1 N–H and O–H groups in total. The third-order valence-corrected chi connectivity index (χ3v) is 4.06. The second-order valence-electron chi connectivity index (χ2n) is 5.92. The highest BCUT2D eigenvalue weighted by Crippen LogP contribution is 2.19. The van der Waals surface area contributed by atoms with Crippen molar-refractivity contribution in [2.75, 3.05) is 7.05 Å². The number of nitrogens with zero attached hydrogens (tertiary/aromatic N) is 1. The van der Waals surface area contributed by atoms with Crippen LogP contribution in [0.5, 0.6) is 0 Å². The molecule has 1 atom stereocenters. The highest BCUT2D eigenvalue weighted by atomic mass is 35.5. The second kappa shape index (κ2) is 7.53. The molecule has 0 aliphatic carbocycles. The van der Waals surface area contributed by atoms with Gasteiger partial charge in [-0.2, -0.15) is 0 Å². The van der Waals surface area contributed by atoms with Crippen LogP contribution >= 0.6 is 11.6 Å². The number of carboxylic acid groups (broad SMARTS) is 1. The minimum Gasteiger partial charge on any atom is -0.478 e. The van der Waals surface area contributed by atoms with Crippen LogP contribution in [0.15, 0.2) is 34.7 Å². The Morgan fingerprint density at radius 2 is 2.04 bits per heavy atom. The molecule has 1 amide bonds. The Balaban J connectivity index is 2.00. The number of carboxylic acids is 1. The molecule has 0 aliphatic heterocycles. The Kier molecular flexibility index (Phi) is 5.67. The zero-order valence-electron chi connectivity index (χ0n) is 13.9. The van der Waals surface area contributed by atoms with Gasteiger partial charge in [0.2, 0.25) is 5.91 Å². The van der Waals surface area contributed by atoms with E-state index in [0.29, 0.717) is 23.0 Å². The van der Waals surface area contributed by atoms with Gasteiger partial charge in [-0.15, -0.1) is 0 Å². The van der Waals surface area contributed by atoms with E-state index in [0.717, 1.165) is 5.56 Å². The lowest BCUT2D eigenvalue weighted by Crippen LogP contribution is -2.32. The Hall–Kier alpha value is -2.27. The first kappa shape index (κ1) is 18.1. The predicted molar refractivity (Wildman–Crippen MR) is 91.2 cm³/mol. The largest absolute Gasteiger partial charge is 0.478 e. The molecule has 1 heterocycles. The molecule has 5 nitrogen and oxygen atoms in total. The Bertz CT molecular complexity index is 753. The van der Waals surface area contributed by atoms with Crippen LogP contribution in [0.1, 0.15) is 34.4 Å². The maximum absolute atomic E-state index is 12.5. The summed E-state index contributed by atoms with van der Waals surface area (Å²) in [4.78, 5) is 25.1. The fraction of sp³-hybridized carbons (Fsp3) is 0.333. The van der Waals surface area contributed by atoms with Gasteiger partial charge in [0, 0.05) is 18.0 Å². The maximum atomic E-state index is 12.5. The van der Waals surface area contributed by atoms with Gasteiger partial charge in [0.05, 0.1) is 6.54 Å². The summed E-state index contributed by atoms with van der Waals surface area (Å²) in [5.74, 6) is -0.504. The number of hydrogen-bond donors (Lipinski definition) is 1. The van der Waals surface area contributed by atoms with Gasteiger partial charge in [-0.05, 0) is 37.1 Å². The highest BCUT2D eigenvalue weighted by molar-refractivity contribution is 6.30. The van der Waals surface area contributed by atoms with Crippen molar-refractivity contribution in [3.05, 3.63) is 58.0 Å². The third kappa shape index (κ3) is 4.38. The maximum Gasteiger partial charge on any atom is 0.339 e. The SMILES string of the molecule is Cc1oc(CN(C)C(=O)C(C)Cc2cccc(Cl)c2)cc1C(=O)O. The number of aromatic carboxylic acids is 1. The average molecular weight is 350 g/mol. The van der Waals surface area contributed by atoms with Gasteiger partial charge in [0.1, 0.15) is 17.1 Å². The average Bonchev–Trinajstić information content (AvgIpc) is 2.87. The summed E-state index contributed by atoms with van der Waals surface area (Å²) in [6, 6.07) is 8.90. The normalized spacial score (nSPS) is 12.0. The fourth-order valence-corrected chi connectivity index (χ4v) is 2.84. The quantitative estimate of drug-likeness (QED) is 0.861. The molecular weight excluding hydrogens is 330 g/mol. The zero-order valence-corrected chi connectivity index (χ0v) is 14.6. The summed E-state index contributed by atoms with van der Waals surface area (Å²) < 4.78 is 5.42. The topological polar surface area (TPSA) is 70.8 Å². The van der Waals surface area contributed by atoms with Crippen LogP contribution in [-0.4, -0.2) is 28.9 Å². The van der Waals surface area contributed by atoms with Crippen LogP contribution in [0.3, 0.4) is 0 Å². The van der Waals surface area contributed by atoms with Crippen molar-refractivity contribution in [3.8, 4) is 0 Å². The minimum absolute atomic E-state index is 0.0408. The summed E-state index contributed by atoms with van der Waals surface area (Å²) in [5.41, 5.74) is 1.12. The molecule has 2 rings (SSSR count). The van der Waals surface area contributed by atoms with Gasteiger partial charge in [-0.3, -0.25) is 4.79 Å². The lowest BCUT2D eigenvalue weighted by atomic mass is 10.00. The number of rotatable bonds is 6. The van der Waals surface area contributed by atoms with Gasteiger partial charge in [-0.25, -0.2) is 4.79 Å². The van der Waals surface area contributed by atoms with Crippen LogP contribution in [-0.2, 0) is 17.8 Å². The molecule has 24 heavy (non-hydrogen) atoms. The third-order valence-electron chi connectivity index (χ3n) is 3.82. The predicted octanol–water partition coefficient (Wildman–Crippen LogP) is 3.78. The van der Waals surface area contributed by atoms with E-state index in [9.17, 15) is 9.59 Å². The minimum atomic E-state index is -1.04. The van der Waals surface area contributed by atoms with Crippen molar-refractivity contribution in [1.82, 2.24) is 4.90 Å². The summed E-state index contributed by atoms with van der Waals surface area (Å²) >= 11 is 5.96. The summed E-state index contributed by atoms with van der Waals surface area (Å²) in [6.45, 7) is 3.68. The van der Waals surface area contributed by atoms with Crippen LogP contribution in [0.4, 0.5) is 0 Å². The van der Waals surface area contributed by atoms with Crippen LogP contribution in [0, 0.1) is 12.8 Å². The molecule has 0 fully saturated rings. The lowest BCUT2D eigenvalue weighted by molar-refractivity contribution is -0.134. The molecule has 1 aromatic heterocycles. The first-order valence-electron chi connectivity index (χ1n) is 7.60. The number of carbonyl (C=O) groups excluding carboxylic acids is 1. The first-order chi connectivity index (χ1) is 11.3. The Labute approximate surface area is 145 Å². The van der Waals surface area contributed by atoms with Gasteiger partial charge in [0.25, 0.3) is 0 Å². The smallest absolute Gasteiger partial charge is 0.339 e. The molecule has 0 saturated heterocycles. The first-order valence-corrected chi connectivity index (χ1v) is 7.97. The molecule has 0 radical (unpaired) electrons. The number of amides is 1. The summed E-state index contributed by atoms with van der Waals surface area (Å²) in [7, 11) is 1.68. The number of halogens is 1. The van der Waals surface area contributed by atoms with E-state index in [1.807, 2.05) is 25.1 Å². The van der Waals surface area contributed by atoms with E-state index in [1.54, 1.807) is 24.9 Å². The van der Waals surface area contributed by atoms with E-state index in [-0.39, 0.29) is 23.9 Å².